The minimum atomic E-state index is -3.55. The molecule has 0 unspecified atom stereocenters. The van der Waals surface area contributed by atoms with Crippen molar-refractivity contribution in [3.8, 4) is 5.75 Å². The molecule has 1 aliphatic heterocycles. The number of benzene rings is 1. The molecule has 0 spiro atoms. The van der Waals surface area contributed by atoms with Gasteiger partial charge in [0.15, 0.2) is 5.75 Å². The summed E-state index contributed by atoms with van der Waals surface area (Å²) in [6, 6.07) is 4.52. The van der Waals surface area contributed by atoms with E-state index in [-0.39, 0.29) is 42.0 Å². The third kappa shape index (κ3) is 5.65. The third-order valence-corrected chi connectivity index (χ3v) is 6.34. The van der Waals surface area contributed by atoms with E-state index in [1.165, 1.54) is 12.8 Å². The van der Waals surface area contributed by atoms with Gasteiger partial charge in [-0.2, -0.15) is 0 Å². The predicted octanol–water partition coefficient (Wildman–Crippen LogP) is 1.62. The number of aliphatic hydroxyl groups is 1. The topological polar surface area (TPSA) is 99.2 Å². The van der Waals surface area contributed by atoms with Crippen LogP contribution in [0.15, 0.2) is 18.2 Å². The Kier molecular flexibility index (Phi) is 6.94. The maximum absolute atomic E-state index is 13.3. The first kappa shape index (κ1) is 22.8. The van der Waals surface area contributed by atoms with Gasteiger partial charge >= 0.3 is 0 Å². The van der Waals surface area contributed by atoms with Crippen LogP contribution in [0.3, 0.4) is 0 Å². The van der Waals surface area contributed by atoms with Crippen molar-refractivity contribution in [3.63, 3.8) is 0 Å². The van der Waals surface area contributed by atoms with Crippen molar-refractivity contribution < 1.29 is 23.1 Å². The number of likely N-dealkylation sites (N-methyl/N-ethyl adjacent to an activating group) is 1. The maximum Gasteiger partial charge on any atom is 0.258 e. The number of fused-ring (bicyclic) bond motifs is 1. The molecule has 9 heteroatoms. The summed E-state index contributed by atoms with van der Waals surface area (Å²) in [6.45, 7) is 5.79. The molecule has 1 aromatic rings. The fourth-order valence-electron chi connectivity index (χ4n) is 3.86. The first-order chi connectivity index (χ1) is 14.1. The van der Waals surface area contributed by atoms with Crippen LogP contribution in [0.4, 0.5) is 5.69 Å². The van der Waals surface area contributed by atoms with Gasteiger partial charge in [0, 0.05) is 25.6 Å². The zero-order valence-electron chi connectivity index (χ0n) is 18.2. The summed E-state index contributed by atoms with van der Waals surface area (Å²) < 4.78 is 32.6. The highest BCUT2D eigenvalue weighted by Crippen LogP contribution is 2.35. The molecular formula is C21H33N3O5S. The quantitative estimate of drug-likeness (QED) is 0.639. The van der Waals surface area contributed by atoms with Crippen LogP contribution in [0.25, 0.3) is 0 Å². The van der Waals surface area contributed by atoms with E-state index < -0.39 is 10.0 Å². The van der Waals surface area contributed by atoms with Crippen molar-refractivity contribution in [3.05, 3.63) is 23.8 Å². The number of carbonyl (C=O) groups excluding carboxylic acids is 1. The molecule has 30 heavy (non-hydrogen) atoms. The molecule has 1 aliphatic carbocycles. The number of nitrogens with one attached hydrogen (secondary N) is 1. The number of aliphatic hydroxyl groups excluding tert-OH is 1. The lowest BCUT2D eigenvalue weighted by Gasteiger charge is -2.38. The van der Waals surface area contributed by atoms with Gasteiger partial charge in [-0.25, -0.2) is 8.42 Å². The second-order valence-corrected chi connectivity index (χ2v) is 10.6. The molecule has 3 rings (SSSR count). The van der Waals surface area contributed by atoms with Gasteiger partial charge in [-0.05, 0) is 44.9 Å². The SMILES string of the molecule is C[C@H]1CN([C@@H](C)CO)C(=O)c2cccc(NS(C)(=O)=O)c2O[C@@H]1CN(C)CC1CC1. The molecule has 1 heterocycles. The van der Waals surface area contributed by atoms with Gasteiger partial charge in [-0.3, -0.25) is 9.52 Å². The van der Waals surface area contributed by atoms with Crippen LogP contribution in [0.1, 0.15) is 37.0 Å². The maximum atomic E-state index is 13.3. The number of rotatable bonds is 8. The van der Waals surface area contributed by atoms with Crippen molar-refractivity contribution in [2.75, 3.05) is 44.3 Å². The van der Waals surface area contributed by atoms with Crippen LogP contribution < -0.4 is 9.46 Å². The van der Waals surface area contributed by atoms with Crippen LogP contribution in [-0.4, -0.2) is 80.9 Å². The van der Waals surface area contributed by atoms with Gasteiger partial charge in [0.1, 0.15) is 6.10 Å². The van der Waals surface area contributed by atoms with E-state index in [0.29, 0.717) is 18.7 Å². The van der Waals surface area contributed by atoms with Gasteiger partial charge in [-0.15, -0.1) is 0 Å². The minimum Gasteiger partial charge on any atom is -0.486 e. The molecule has 0 radical (unpaired) electrons. The largest absolute Gasteiger partial charge is 0.486 e. The molecule has 1 fully saturated rings. The molecule has 0 saturated heterocycles. The van der Waals surface area contributed by atoms with Gasteiger partial charge in [0.25, 0.3) is 5.91 Å². The summed E-state index contributed by atoms with van der Waals surface area (Å²) in [5.41, 5.74) is 0.551. The Morgan fingerprint density at radius 2 is 2.03 bits per heavy atom. The molecule has 1 aromatic carbocycles. The summed E-state index contributed by atoms with van der Waals surface area (Å²) in [5, 5.41) is 9.70. The molecule has 1 amide bonds. The number of sulfonamides is 1. The van der Waals surface area contributed by atoms with Crippen molar-refractivity contribution >= 4 is 21.6 Å². The number of para-hydroxylation sites is 1. The molecule has 2 N–H and O–H groups in total. The zero-order valence-corrected chi connectivity index (χ0v) is 19.0. The second kappa shape index (κ2) is 9.11. The van der Waals surface area contributed by atoms with Crippen LogP contribution >= 0.6 is 0 Å². The van der Waals surface area contributed by atoms with E-state index in [9.17, 15) is 18.3 Å². The summed E-state index contributed by atoms with van der Waals surface area (Å²) in [4.78, 5) is 17.2. The lowest BCUT2D eigenvalue weighted by molar-refractivity contribution is 0.0346. The molecule has 8 nitrogen and oxygen atoms in total. The number of anilines is 1. The van der Waals surface area contributed by atoms with Crippen molar-refractivity contribution in [1.82, 2.24) is 9.80 Å². The van der Waals surface area contributed by atoms with Gasteiger partial charge < -0.3 is 19.6 Å². The fourth-order valence-corrected chi connectivity index (χ4v) is 4.42. The van der Waals surface area contributed by atoms with Crippen molar-refractivity contribution in [2.24, 2.45) is 11.8 Å². The Morgan fingerprint density at radius 1 is 1.33 bits per heavy atom. The number of amides is 1. The average Bonchev–Trinajstić information content (AvgIpc) is 3.47. The Balaban J connectivity index is 1.99. The third-order valence-electron chi connectivity index (χ3n) is 5.74. The van der Waals surface area contributed by atoms with E-state index in [4.69, 9.17) is 4.74 Å². The van der Waals surface area contributed by atoms with E-state index in [1.807, 2.05) is 6.92 Å². The van der Waals surface area contributed by atoms with E-state index in [1.54, 1.807) is 30.0 Å². The first-order valence-corrected chi connectivity index (χ1v) is 12.4. The van der Waals surface area contributed by atoms with E-state index in [2.05, 4.69) is 16.7 Å². The number of hydrogen-bond donors (Lipinski definition) is 2. The molecule has 3 atom stereocenters. The normalized spacial score (nSPS) is 23.4. The standard InChI is InChI=1S/C21H33N3O5S/c1-14-10-24(15(2)13-25)21(26)17-6-5-7-18(22-30(4,27)28)20(17)29-19(14)12-23(3)11-16-8-9-16/h5-7,14-16,19,22,25H,8-13H2,1-4H3/t14-,15-,19+/m0/s1. The van der Waals surface area contributed by atoms with Gasteiger partial charge in [0.05, 0.1) is 30.2 Å². The second-order valence-electron chi connectivity index (χ2n) is 8.84. The Morgan fingerprint density at radius 3 is 2.63 bits per heavy atom. The summed E-state index contributed by atoms with van der Waals surface area (Å²) >= 11 is 0. The molecule has 1 saturated carbocycles. The predicted molar refractivity (Wildman–Crippen MR) is 116 cm³/mol. The number of carbonyl (C=O) groups is 1. The van der Waals surface area contributed by atoms with E-state index >= 15 is 0 Å². The molecule has 168 valence electrons. The van der Waals surface area contributed by atoms with Crippen LogP contribution in [0, 0.1) is 11.8 Å². The lowest BCUT2D eigenvalue weighted by Crippen LogP contribution is -2.50. The van der Waals surface area contributed by atoms with Crippen molar-refractivity contribution in [2.45, 2.75) is 38.8 Å². The lowest BCUT2D eigenvalue weighted by atomic mass is 9.99. The van der Waals surface area contributed by atoms with Crippen LogP contribution in [0.5, 0.6) is 5.75 Å². The Bertz CT molecular complexity index is 871. The minimum absolute atomic E-state index is 0.0101. The van der Waals surface area contributed by atoms with Crippen LogP contribution in [-0.2, 0) is 10.0 Å². The number of hydrogen-bond acceptors (Lipinski definition) is 6. The average molecular weight is 440 g/mol. The smallest absolute Gasteiger partial charge is 0.258 e. The first-order valence-electron chi connectivity index (χ1n) is 10.5. The molecule has 0 bridgehead atoms. The highest BCUT2D eigenvalue weighted by molar-refractivity contribution is 7.92. The highest BCUT2D eigenvalue weighted by Gasteiger charge is 2.35. The summed E-state index contributed by atoms with van der Waals surface area (Å²) in [7, 11) is -1.49. The van der Waals surface area contributed by atoms with Crippen molar-refractivity contribution in [1.29, 1.82) is 0 Å². The number of nitrogens with zero attached hydrogens (tertiary/aromatic N) is 2. The molecular weight excluding hydrogens is 406 g/mol. The molecule has 0 aromatic heterocycles. The van der Waals surface area contributed by atoms with Crippen LogP contribution in [0.2, 0.25) is 0 Å². The van der Waals surface area contributed by atoms with Gasteiger partial charge in [0.2, 0.25) is 10.0 Å². The zero-order chi connectivity index (χ0) is 22.1. The molecule has 2 aliphatic rings. The van der Waals surface area contributed by atoms with E-state index in [0.717, 1.165) is 18.7 Å². The fraction of sp³-hybridized carbons (Fsp3) is 0.667. The highest BCUT2D eigenvalue weighted by atomic mass is 32.2. The monoisotopic (exact) mass is 439 g/mol. The summed E-state index contributed by atoms with van der Waals surface area (Å²) in [6.07, 6.45) is 3.34. The Labute approximate surface area is 179 Å². The Hall–Kier alpha value is -1.84. The summed E-state index contributed by atoms with van der Waals surface area (Å²) in [5.74, 6) is 0.699. The van der Waals surface area contributed by atoms with Gasteiger partial charge in [-0.1, -0.05) is 13.0 Å². The number of ether oxygens (including phenoxy) is 1.